The van der Waals surface area contributed by atoms with Crippen molar-refractivity contribution < 1.29 is 29.2 Å². The fraction of sp³-hybridized carbons (Fsp3) is 0.936. The predicted molar refractivity (Wildman–Crippen MR) is 246 cm³/mol. The van der Waals surface area contributed by atoms with Gasteiger partial charge in [0.2, 0.25) is 17.8 Å². The Hall–Kier alpha value is -1.83. The van der Waals surface area contributed by atoms with Crippen LogP contribution in [-0.2, 0) is 18.9 Å². The average Bonchev–Trinajstić information content (AvgIpc) is 3.25. The number of hydrogen-bond acceptors (Lipinski definition) is 12. The van der Waals surface area contributed by atoms with Gasteiger partial charge in [0.25, 0.3) is 0 Å². The summed E-state index contributed by atoms with van der Waals surface area (Å²) < 4.78 is 22.8. The molecule has 1 rings (SSSR count). The van der Waals surface area contributed by atoms with E-state index >= 15 is 0 Å². The third-order valence-corrected chi connectivity index (χ3v) is 11.1. The molecule has 0 aliphatic heterocycles. The summed E-state index contributed by atoms with van der Waals surface area (Å²) in [7, 11) is 3.16. The van der Waals surface area contributed by atoms with Crippen molar-refractivity contribution in [2.75, 3.05) is 82.5 Å². The average molecular weight is 839 g/mol. The summed E-state index contributed by atoms with van der Waals surface area (Å²) in [6, 6.07) is 0. The van der Waals surface area contributed by atoms with Crippen LogP contribution >= 0.6 is 0 Å². The van der Waals surface area contributed by atoms with Gasteiger partial charge >= 0.3 is 0 Å². The minimum absolute atomic E-state index is 0.0777. The Kier molecular flexibility index (Phi) is 40.1. The molecule has 1 aromatic rings. The Balaban J connectivity index is 2.40. The van der Waals surface area contributed by atoms with E-state index in [1.165, 1.54) is 185 Å². The highest BCUT2D eigenvalue weighted by atomic mass is 16.5. The lowest BCUT2D eigenvalue weighted by Gasteiger charge is -2.27. The number of aliphatic hydroxyl groups is 2. The van der Waals surface area contributed by atoms with Crippen LogP contribution in [0.5, 0.6) is 0 Å². The lowest BCUT2D eigenvalue weighted by atomic mass is 10.0. The van der Waals surface area contributed by atoms with Gasteiger partial charge in [-0.05, 0) is 12.8 Å². The fourth-order valence-corrected chi connectivity index (χ4v) is 7.41. The van der Waals surface area contributed by atoms with E-state index in [0.29, 0.717) is 19.2 Å². The summed E-state index contributed by atoms with van der Waals surface area (Å²) >= 11 is 0. The molecule has 0 amide bonds. The summed E-state index contributed by atoms with van der Waals surface area (Å²) in [5.41, 5.74) is 0. The van der Waals surface area contributed by atoms with Crippen LogP contribution in [0.1, 0.15) is 219 Å². The first-order valence-corrected chi connectivity index (χ1v) is 24.5. The molecule has 348 valence electrons. The normalized spacial score (nSPS) is 11.5. The number of hydrogen-bond donors (Lipinski definition) is 2. The molecule has 0 fully saturated rings. The van der Waals surface area contributed by atoms with E-state index in [4.69, 9.17) is 18.9 Å². The molecule has 59 heavy (non-hydrogen) atoms. The molecule has 0 saturated carbocycles. The van der Waals surface area contributed by atoms with E-state index in [0.717, 1.165) is 25.7 Å². The third kappa shape index (κ3) is 31.6. The summed E-state index contributed by atoms with van der Waals surface area (Å²) in [5.74, 6) is 0.752. The summed E-state index contributed by atoms with van der Waals surface area (Å²) in [5, 5.41) is 20.4. The number of aliphatic hydroxyl groups excluding tert-OH is 2. The van der Waals surface area contributed by atoms with E-state index in [1.54, 1.807) is 24.0 Å². The second-order valence-electron chi connectivity index (χ2n) is 16.7. The Bertz CT molecular complexity index is 1010. The first-order chi connectivity index (χ1) is 29.1. The molecule has 0 aliphatic carbocycles. The second-order valence-corrected chi connectivity index (χ2v) is 16.7. The Morgan fingerprint density at radius 1 is 0.339 bits per heavy atom. The van der Waals surface area contributed by atoms with Gasteiger partial charge in [-0.1, -0.05) is 206 Å². The number of methoxy groups -OCH3 is 2. The van der Waals surface area contributed by atoms with Crippen molar-refractivity contribution in [2.24, 2.45) is 0 Å². The summed E-state index contributed by atoms with van der Waals surface area (Å²) in [6.07, 6.45) is 42.5. The van der Waals surface area contributed by atoms with Crippen molar-refractivity contribution in [1.29, 1.82) is 0 Å². The van der Waals surface area contributed by atoms with E-state index in [9.17, 15) is 10.2 Å². The van der Waals surface area contributed by atoms with Crippen molar-refractivity contribution in [1.82, 2.24) is 15.0 Å². The number of ether oxygens (including phenoxy) is 4. The van der Waals surface area contributed by atoms with Crippen LogP contribution in [0, 0.1) is 0 Å². The van der Waals surface area contributed by atoms with Gasteiger partial charge in [-0.15, -0.1) is 0 Å². The minimum Gasteiger partial charge on any atom is -0.376 e. The van der Waals surface area contributed by atoms with Crippen LogP contribution < -0.4 is 14.7 Å². The highest BCUT2D eigenvalue weighted by Crippen LogP contribution is 2.21. The standard InChI is InChI=1S/C47H94N6O6/c1-5-7-9-11-13-15-17-19-21-23-25-27-29-31-33-35-37-58-43-52(40-55)46-48-45(51(39-54)41-56-3)49-47(50-46)53(42-57-4)44-59-38-36-34-32-30-28-26-24-22-20-18-16-14-12-10-8-6-2/h54-55H,5-44H2,1-4H3. The van der Waals surface area contributed by atoms with Gasteiger partial charge in [-0.3, -0.25) is 14.7 Å². The molecule has 1 heterocycles. The topological polar surface area (TPSA) is 126 Å². The predicted octanol–water partition coefficient (Wildman–Crippen LogP) is 11.9. The maximum absolute atomic E-state index is 10.3. The Morgan fingerprint density at radius 3 is 0.864 bits per heavy atom. The SMILES string of the molecule is CCCCCCCCCCCCCCCCCCOCN(CO)c1nc(N(CO)COC)nc(N(COC)COCCCCCCCCCCCCCCCCCC)n1. The van der Waals surface area contributed by atoms with Gasteiger partial charge in [0.15, 0.2) is 0 Å². The van der Waals surface area contributed by atoms with Crippen molar-refractivity contribution in [3.63, 3.8) is 0 Å². The fourth-order valence-electron chi connectivity index (χ4n) is 7.41. The molecule has 0 radical (unpaired) electrons. The van der Waals surface area contributed by atoms with Crippen LogP contribution in [0.2, 0.25) is 0 Å². The largest absolute Gasteiger partial charge is 0.376 e. The van der Waals surface area contributed by atoms with Gasteiger partial charge in [-0.2, -0.15) is 15.0 Å². The summed E-state index contributed by atoms with van der Waals surface area (Å²) in [6.45, 7) is 5.72. The van der Waals surface area contributed by atoms with Gasteiger partial charge < -0.3 is 29.2 Å². The van der Waals surface area contributed by atoms with Gasteiger partial charge in [-0.25, -0.2) is 0 Å². The highest BCUT2D eigenvalue weighted by Gasteiger charge is 2.20. The lowest BCUT2D eigenvalue weighted by molar-refractivity contribution is 0.100. The molecule has 0 unspecified atom stereocenters. The number of aromatic nitrogens is 3. The molecule has 12 heteroatoms. The molecule has 0 atom stereocenters. The highest BCUT2D eigenvalue weighted by molar-refractivity contribution is 5.45. The van der Waals surface area contributed by atoms with E-state index in [-0.39, 0.29) is 52.3 Å². The van der Waals surface area contributed by atoms with E-state index < -0.39 is 0 Å². The van der Waals surface area contributed by atoms with Crippen LogP contribution in [0.4, 0.5) is 17.8 Å². The molecule has 0 bridgehead atoms. The van der Waals surface area contributed by atoms with Crippen LogP contribution in [-0.4, -0.2) is 93.0 Å². The summed E-state index contributed by atoms with van der Waals surface area (Å²) in [4.78, 5) is 18.7. The first kappa shape index (κ1) is 55.2. The van der Waals surface area contributed by atoms with Gasteiger partial charge in [0.05, 0.1) is 0 Å². The van der Waals surface area contributed by atoms with Crippen molar-refractivity contribution >= 4 is 17.8 Å². The van der Waals surface area contributed by atoms with Crippen LogP contribution in [0.3, 0.4) is 0 Å². The molecule has 0 aromatic carbocycles. The zero-order chi connectivity index (χ0) is 42.7. The molecule has 0 aliphatic rings. The quantitative estimate of drug-likeness (QED) is 0.0479. The molecular formula is C47H94N6O6. The molecular weight excluding hydrogens is 745 g/mol. The zero-order valence-electron chi connectivity index (χ0n) is 39.0. The number of anilines is 3. The van der Waals surface area contributed by atoms with Crippen molar-refractivity contribution in [3.05, 3.63) is 0 Å². The first-order valence-electron chi connectivity index (χ1n) is 24.5. The van der Waals surface area contributed by atoms with Gasteiger partial charge in [0.1, 0.15) is 40.4 Å². The maximum atomic E-state index is 10.3. The van der Waals surface area contributed by atoms with Crippen molar-refractivity contribution in [3.8, 4) is 0 Å². The Labute approximate surface area is 362 Å². The van der Waals surface area contributed by atoms with Crippen LogP contribution in [0.25, 0.3) is 0 Å². The zero-order valence-corrected chi connectivity index (χ0v) is 39.0. The molecule has 12 nitrogen and oxygen atoms in total. The van der Waals surface area contributed by atoms with E-state index in [1.807, 2.05) is 0 Å². The molecule has 2 N–H and O–H groups in total. The smallest absolute Gasteiger partial charge is 0.235 e. The lowest BCUT2D eigenvalue weighted by Crippen LogP contribution is -2.35. The monoisotopic (exact) mass is 839 g/mol. The number of nitrogens with zero attached hydrogens (tertiary/aromatic N) is 6. The maximum Gasteiger partial charge on any atom is 0.235 e. The molecule has 0 spiro atoms. The molecule has 0 saturated heterocycles. The second kappa shape index (κ2) is 42.8. The molecule has 1 aromatic heterocycles. The minimum atomic E-state index is -0.356. The van der Waals surface area contributed by atoms with Gasteiger partial charge in [0, 0.05) is 27.4 Å². The van der Waals surface area contributed by atoms with Crippen LogP contribution in [0.15, 0.2) is 0 Å². The number of unbranched alkanes of at least 4 members (excludes halogenated alkanes) is 30. The Morgan fingerprint density at radius 2 is 0.576 bits per heavy atom. The van der Waals surface area contributed by atoms with E-state index in [2.05, 4.69) is 28.8 Å². The number of rotatable bonds is 47. The third-order valence-electron chi connectivity index (χ3n) is 11.1. The van der Waals surface area contributed by atoms with Crippen molar-refractivity contribution in [2.45, 2.75) is 219 Å².